The van der Waals surface area contributed by atoms with E-state index in [4.69, 9.17) is 21.1 Å². The summed E-state index contributed by atoms with van der Waals surface area (Å²) in [6, 6.07) is 14.7. The molecule has 5 nitrogen and oxygen atoms in total. The third-order valence-electron chi connectivity index (χ3n) is 3.61. The van der Waals surface area contributed by atoms with Crippen molar-refractivity contribution in [3.8, 4) is 17.2 Å². The summed E-state index contributed by atoms with van der Waals surface area (Å²) in [5, 5.41) is 21.7. The standard InChI is InChI=1S/C19H15ClO5/c20-12-5-7-13(8-6-12)24-9-10-25-19(23)16-11-17(21)14-3-1-2-4-15(14)18(16)22/h1-8,11,21-22H,9-10H2. The summed E-state index contributed by atoms with van der Waals surface area (Å²) in [5.41, 5.74) is -0.0947. The fourth-order valence-corrected chi connectivity index (χ4v) is 2.52. The van der Waals surface area contributed by atoms with Crippen LogP contribution < -0.4 is 4.74 Å². The largest absolute Gasteiger partial charge is 0.507 e. The van der Waals surface area contributed by atoms with Crippen molar-refractivity contribution >= 4 is 28.3 Å². The van der Waals surface area contributed by atoms with Gasteiger partial charge in [0, 0.05) is 15.8 Å². The number of phenols is 2. The lowest BCUT2D eigenvalue weighted by Crippen LogP contribution is -2.12. The Bertz CT molecular complexity index is 906. The van der Waals surface area contributed by atoms with E-state index in [1.807, 2.05) is 0 Å². The van der Waals surface area contributed by atoms with Crippen LogP contribution >= 0.6 is 11.6 Å². The SMILES string of the molecule is O=C(OCCOc1ccc(Cl)cc1)c1cc(O)c2ccccc2c1O. The summed E-state index contributed by atoms with van der Waals surface area (Å²) in [6.45, 7) is 0.141. The van der Waals surface area contributed by atoms with Gasteiger partial charge in [-0.2, -0.15) is 0 Å². The van der Waals surface area contributed by atoms with E-state index in [9.17, 15) is 15.0 Å². The molecule has 25 heavy (non-hydrogen) atoms. The summed E-state index contributed by atoms with van der Waals surface area (Å²) < 4.78 is 10.5. The number of benzene rings is 3. The normalized spacial score (nSPS) is 10.6. The quantitative estimate of drug-likeness (QED) is 0.407. The van der Waals surface area contributed by atoms with Gasteiger partial charge < -0.3 is 19.7 Å². The first kappa shape index (κ1) is 16.9. The van der Waals surface area contributed by atoms with E-state index in [1.54, 1.807) is 48.5 Å². The number of fused-ring (bicyclic) bond motifs is 1. The van der Waals surface area contributed by atoms with E-state index in [2.05, 4.69) is 0 Å². The van der Waals surface area contributed by atoms with Crippen LogP contribution in [0, 0.1) is 0 Å². The Kier molecular flexibility index (Phi) is 4.95. The molecule has 0 amide bonds. The van der Waals surface area contributed by atoms with Crippen LogP contribution in [0.3, 0.4) is 0 Å². The lowest BCUT2D eigenvalue weighted by atomic mass is 10.0. The van der Waals surface area contributed by atoms with E-state index in [1.165, 1.54) is 6.07 Å². The van der Waals surface area contributed by atoms with Gasteiger partial charge in [0.25, 0.3) is 0 Å². The Morgan fingerprint density at radius 3 is 2.36 bits per heavy atom. The predicted octanol–water partition coefficient (Wildman–Crippen LogP) is 4.14. The van der Waals surface area contributed by atoms with E-state index in [0.29, 0.717) is 21.5 Å². The molecule has 6 heteroatoms. The zero-order valence-corrected chi connectivity index (χ0v) is 13.9. The summed E-state index contributed by atoms with van der Waals surface area (Å²) >= 11 is 5.78. The highest BCUT2D eigenvalue weighted by Crippen LogP contribution is 2.35. The lowest BCUT2D eigenvalue weighted by Gasteiger charge is -2.10. The topological polar surface area (TPSA) is 76.0 Å². The number of halogens is 1. The van der Waals surface area contributed by atoms with Crippen molar-refractivity contribution in [3.63, 3.8) is 0 Å². The van der Waals surface area contributed by atoms with Crippen LogP contribution in [-0.4, -0.2) is 29.4 Å². The molecule has 0 aliphatic rings. The molecule has 3 rings (SSSR count). The van der Waals surface area contributed by atoms with Gasteiger partial charge in [-0.3, -0.25) is 0 Å². The first-order valence-corrected chi connectivity index (χ1v) is 7.93. The molecule has 0 aromatic heterocycles. The number of carbonyl (C=O) groups excluding carboxylic acids is 1. The molecule has 3 aromatic carbocycles. The van der Waals surface area contributed by atoms with E-state index in [-0.39, 0.29) is 30.3 Å². The minimum absolute atomic E-state index is 0.00547. The highest BCUT2D eigenvalue weighted by atomic mass is 35.5. The number of phenolic OH excluding ortho intramolecular Hbond substituents is 2. The molecule has 0 bridgehead atoms. The lowest BCUT2D eigenvalue weighted by molar-refractivity contribution is 0.0447. The molecule has 0 saturated carbocycles. The minimum Gasteiger partial charge on any atom is -0.507 e. The zero-order valence-electron chi connectivity index (χ0n) is 13.1. The van der Waals surface area contributed by atoms with Gasteiger partial charge in [0.2, 0.25) is 0 Å². The average molecular weight is 359 g/mol. The second-order valence-corrected chi connectivity index (χ2v) is 5.71. The molecule has 0 fully saturated rings. The van der Waals surface area contributed by atoms with Gasteiger partial charge in [-0.15, -0.1) is 0 Å². The Morgan fingerprint density at radius 1 is 0.960 bits per heavy atom. The molecule has 0 aliphatic carbocycles. The molecule has 0 saturated heterocycles. The van der Waals surface area contributed by atoms with Gasteiger partial charge in [0.05, 0.1) is 0 Å². The Morgan fingerprint density at radius 2 is 1.64 bits per heavy atom. The van der Waals surface area contributed by atoms with Gasteiger partial charge >= 0.3 is 5.97 Å². The first-order chi connectivity index (χ1) is 12.1. The Labute approximate surface area is 149 Å². The summed E-state index contributed by atoms with van der Waals surface area (Å²) in [6.07, 6.45) is 0. The molecular formula is C19H15ClO5. The summed E-state index contributed by atoms with van der Waals surface area (Å²) in [7, 11) is 0. The maximum atomic E-state index is 12.2. The average Bonchev–Trinajstić information content (AvgIpc) is 2.63. The number of rotatable bonds is 5. The maximum Gasteiger partial charge on any atom is 0.342 e. The van der Waals surface area contributed by atoms with Crippen molar-refractivity contribution in [2.45, 2.75) is 0 Å². The fourth-order valence-electron chi connectivity index (χ4n) is 2.40. The maximum absolute atomic E-state index is 12.2. The Hall–Kier alpha value is -2.92. The molecule has 0 radical (unpaired) electrons. The van der Waals surface area contributed by atoms with Crippen molar-refractivity contribution in [3.05, 3.63) is 65.2 Å². The highest BCUT2D eigenvalue weighted by molar-refractivity contribution is 6.30. The number of ether oxygens (including phenoxy) is 2. The third-order valence-corrected chi connectivity index (χ3v) is 3.87. The van der Waals surface area contributed by atoms with Gasteiger partial charge in [-0.25, -0.2) is 4.79 Å². The molecule has 0 unspecified atom stereocenters. The van der Waals surface area contributed by atoms with E-state index in [0.717, 1.165) is 0 Å². The molecular weight excluding hydrogens is 344 g/mol. The summed E-state index contributed by atoms with van der Waals surface area (Å²) in [4.78, 5) is 12.2. The number of aromatic hydroxyl groups is 2. The first-order valence-electron chi connectivity index (χ1n) is 7.55. The number of esters is 1. The number of carbonyl (C=O) groups is 1. The molecule has 0 heterocycles. The van der Waals surface area contributed by atoms with Gasteiger partial charge in [-0.1, -0.05) is 35.9 Å². The second kappa shape index (κ2) is 7.32. The van der Waals surface area contributed by atoms with Crippen molar-refractivity contribution in [1.82, 2.24) is 0 Å². The van der Waals surface area contributed by atoms with E-state index >= 15 is 0 Å². The van der Waals surface area contributed by atoms with Crippen molar-refractivity contribution < 1.29 is 24.5 Å². The molecule has 3 aromatic rings. The zero-order chi connectivity index (χ0) is 17.8. The number of hydrogen-bond acceptors (Lipinski definition) is 5. The second-order valence-electron chi connectivity index (χ2n) is 5.28. The highest BCUT2D eigenvalue weighted by Gasteiger charge is 2.18. The smallest absolute Gasteiger partial charge is 0.342 e. The predicted molar refractivity (Wildman–Crippen MR) is 94.5 cm³/mol. The van der Waals surface area contributed by atoms with Crippen LogP contribution in [0.25, 0.3) is 10.8 Å². The van der Waals surface area contributed by atoms with Crippen LogP contribution in [0.1, 0.15) is 10.4 Å². The third kappa shape index (κ3) is 3.78. The molecule has 0 aliphatic heterocycles. The van der Waals surface area contributed by atoms with Crippen LogP contribution in [0.15, 0.2) is 54.6 Å². The Balaban J connectivity index is 1.64. The minimum atomic E-state index is -0.738. The molecule has 2 N–H and O–H groups in total. The monoisotopic (exact) mass is 358 g/mol. The molecule has 0 spiro atoms. The van der Waals surface area contributed by atoms with Gasteiger partial charge in [0.1, 0.15) is 36.0 Å². The van der Waals surface area contributed by atoms with Crippen molar-refractivity contribution in [2.24, 2.45) is 0 Å². The van der Waals surface area contributed by atoms with Gasteiger partial charge in [-0.05, 0) is 30.3 Å². The van der Waals surface area contributed by atoms with Crippen molar-refractivity contribution in [2.75, 3.05) is 13.2 Å². The molecule has 0 atom stereocenters. The van der Waals surface area contributed by atoms with Gasteiger partial charge in [0.15, 0.2) is 0 Å². The van der Waals surface area contributed by atoms with Crippen LogP contribution in [0.4, 0.5) is 0 Å². The summed E-state index contributed by atoms with van der Waals surface area (Å²) in [5.74, 6) is -0.459. The van der Waals surface area contributed by atoms with E-state index < -0.39 is 5.97 Å². The molecule has 128 valence electrons. The fraction of sp³-hybridized carbons (Fsp3) is 0.105. The number of hydrogen-bond donors (Lipinski definition) is 2. The van der Waals surface area contributed by atoms with Crippen molar-refractivity contribution in [1.29, 1.82) is 0 Å². The van der Waals surface area contributed by atoms with Crippen LogP contribution in [0.5, 0.6) is 17.2 Å². The van der Waals surface area contributed by atoms with Crippen LogP contribution in [0.2, 0.25) is 5.02 Å². The van der Waals surface area contributed by atoms with Crippen LogP contribution in [-0.2, 0) is 4.74 Å².